The maximum Gasteiger partial charge on any atom is 0.140 e. The Morgan fingerprint density at radius 3 is 2.73 bits per heavy atom. The molecule has 1 saturated carbocycles. The van der Waals surface area contributed by atoms with E-state index in [0.29, 0.717) is 17.6 Å². The van der Waals surface area contributed by atoms with Gasteiger partial charge in [0, 0.05) is 17.7 Å². The number of alkyl halides is 1. The van der Waals surface area contributed by atoms with E-state index in [9.17, 15) is 4.79 Å². The van der Waals surface area contributed by atoms with Crippen molar-refractivity contribution in [3.05, 3.63) is 0 Å². The summed E-state index contributed by atoms with van der Waals surface area (Å²) in [5, 5.41) is 0. The number of hydrogen-bond acceptors (Lipinski definition) is 1. The Kier molecular flexibility index (Phi) is 2.58. The van der Waals surface area contributed by atoms with Gasteiger partial charge < -0.3 is 0 Å². The van der Waals surface area contributed by atoms with Crippen LogP contribution in [0.5, 0.6) is 0 Å². The van der Waals surface area contributed by atoms with Crippen LogP contribution < -0.4 is 0 Å². The van der Waals surface area contributed by atoms with Gasteiger partial charge in [0.15, 0.2) is 0 Å². The van der Waals surface area contributed by atoms with E-state index in [0.717, 1.165) is 19.3 Å². The first-order valence-electron chi connectivity index (χ1n) is 4.20. The summed E-state index contributed by atoms with van der Waals surface area (Å²) in [4.78, 5) is 11.5. The number of hydrogen-bond donors (Lipinski definition) is 0. The zero-order valence-electron chi connectivity index (χ0n) is 7.19. The first-order chi connectivity index (χ1) is 5.11. The minimum Gasteiger partial charge on any atom is -0.299 e. The van der Waals surface area contributed by atoms with Crippen molar-refractivity contribution >= 4 is 17.4 Å². The van der Waals surface area contributed by atoms with Gasteiger partial charge in [-0.1, -0.05) is 13.8 Å². The molecule has 2 heteroatoms. The van der Waals surface area contributed by atoms with Gasteiger partial charge in [0.2, 0.25) is 0 Å². The molecule has 0 aromatic heterocycles. The molecular formula is C9H15ClO. The van der Waals surface area contributed by atoms with E-state index in [2.05, 4.69) is 6.92 Å². The van der Waals surface area contributed by atoms with Crippen LogP contribution in [0.25, 0.3) is 0 Å². The summed E-state index contributed by atoms with van der Waals surface area (Å²) in [5.41, 5.74) is -0.236. The highest BCUT2D eigenvalue weighted by Gasteiger charge is 2.39. The molecule has 0 bridgehead atoms. The Labute approximate surface area is 73.1 Å². The van der Waals surface area contributed by atoms with Crippen LogP contribution in [0, 0.1) is 11.3 Å². The molecule has 0 heterocycles. The van der Waals surface area contributed by atoms with Gasteiger partial charge in [-0.3, -0.25) is 4.79 Å². The smallest absolute Gasteiger partial charge is 0.140 e. The van der Waals surface area contributed by atoms with Crippen LogP contribution in [0.1, 0.15) is 33.1 Å². The number of Topliss-reactive ketones (excluding diaryl/α,β-unsaturated/α-hetero) is 1. The molecule has 1 fully saturated rings. The van der Waals surface area contributed by atoms with Gasteiger partial charge in [-0.2, -0.15) is 0 Å². The molecule has 2 atom stereocenters. The van der Waals surface area contributed by atoms with Crippen LogP contribution in [0.4, 0.5) is 0 Å². The molecule has 1 aliphatic carbocycles. The molecule has 0 unspecified atom stereocenters. The molecule has 1 nitrogen and oxygen atoms in total. The average molecular weight is 175 g/mol. The summed E-state index contributed by atoms with van der Waals surface area (Å²) in [5.74, 6) is 1.29. The average Bonchev–Trinajstić information content (AvgIpc) is 2.00. The number of halogens is 1. The third-order valence-corrected chi connectivity index (χ3v) is 3.60. The molecular weight excluding hydrogens is 160 g/mol. The topological polar surface area (TPSA) is 17.1 Å². The van der Waals surface area contributed by atoms with Crippen molar-refractivity contribution in [2.75, 3.05) is 5.88 Å². The largest absolute Gasteiger partial charge is 0.299 e. The van der Waals surface area contributed by atoms with E-state index in [4.69, 9.17) is 11.6 Å². The fourth-order valence-corrected chi connectivity index (χ4v) is 2.07. The van der Waals surface area contributed by atoms with Crippen LogP contribution in [-0.4, -0.2) is 11.7 Å². The van der Waals surface area contributed by atoms with Crippen LogP contribution in [0.3, 0.4) is 0 Å². The normalized spacial score (nSPS) is 39.2. The van der Waals surface area contributed by atoms with Gasteiger partial charge >= 0.3 is 0 Å². The van der Waals surface area contributed by atoms with Crippen molar-refractivity contribution < 1.29 is 4.79 Å². The summed E-state index contributed by atoms with van der Waals surface area (Å²) in [7, 11) is 0. The van der Waals surface area contributed by atoms with Crippen molar-refractivity contribution in [3.8, 4) is 0 Å². The van der Waals surface area contributed by atoms with Gasteiger partial charge in [-0.05, 0) is 18.8 Å². The molecule has 0 spiro atoms. The Bertz CT molecular complexity index is 167. The molecule has 0 amide bonds. The highest BCUT2D eigenvalue weighted by molar-refractivity contribution is 6.20. The lowest BCUT2D eigenvalue weighted by atomic mass is 9.69. The minimum absolute atomic E-state index is 0.236. The first kappa shape index (κ1) is 9.05. The standard InChI is InChI=1S/C9H15ClO/c1-7-4-3-5-8(11)9(7,2)6-10/h7H,3-6H2,1-2H3/t7-,9-/m0/s1. The van der Waals surface area contributed by atoms with Crippen LogP contribution in [-0.2, 0) is 4.79 Å². The fraction of sp³-hybridized carbons (Fsp3) is 0.889. The van der Waals surface area contributed by atoms with E-state index in [1.807, 2.05) is 6.92 Å². The molecule has 0 aromatic rings. The number of carbonyl (C=O) groups excluding carboxylic acids is 1. The molecule has 0 saturated heterocycles. The quantitative estimate of drug-likeness (QED) is 0.559. The van der Waals surface area contributed by atoms with E-state index in [-0.39, 0.29) is 5.41 Å². The van der Waals surface area contributed by atoms with Crippen molar-refractivity contribution in [3.63, 3.8) is 0 Å². The van der Waals surface area contributed by atoms with E-state index >= 15 is 0 Å². The van der Waals surface area contributed by atoms with Crippen LogP contribution >= 0.6 is 11.6 Å². The van der Waals surface area contributed by atoms with Crippen molar-refractivity contribution in [1.82, 2.24) is 0 Å². The Balaban J connectivity index is 2.77. The molecule has 0 aliphatic heterocycles. The number of rotatable bonds is 1. The van der Waals surface area contributed by atoms with E-state index in [1.54, 1.807) is 0 Å². The Morgan fingerprint density at radius 1 is 1.73 bits per heavy atom. The van der Waals surface area contributed by atoms with Crippen LogP contribution in [0.2, 0.25) is 0 Å². The summed E-state index contributed by atoms with van der Waals surface area (Å²) in [6.07, 6.45) is 2.93. The van der Waals surface area contributed by atoms with Crippen molar-refractivity contribution in [2.24, 2.45) is 11.3 Å². The SMILES string of the molecule is C[C@H]1CCCC(=O)[C@@]1(C)CCl. The predicted octanol–water partition coefficient (Wildman–Crippen LogP) is 2.62. The lowest BCUT2D eigenvalue weighted by Crippen LogP contribution is -2.39. The van der Waals surface area contributed by atoms with E-state index < -0.39 is 0 Å². The van der Waals surface area contributed by atoms with E-state index in [1.165, 1.54) is 0 Å². The highest BCUT2D eigenvalue weighted by Crippen LogP contribution is 2.38. The van der Waals surface area contributed by atoms with Gasteiger partial charge in [0.1, 0.15) is 5.78 Å². The highest BCUT2D eigenvalue weighted by atomic mass is 35.5. The maximum absolute atomic E-state index is 11.5. The third-order valence-electron chi connectivity index (χ3n) is 3.04. The van der Waals surface area contributed by atoms with Crippen molar-refractivity contribution in [1.29, 1.82) is 0 Å². The number of ketones is 1. The maximum atomic E-state index is 11.5. The van der Waals surface area contributed by atoms with Gasteiger partial charge in [0.25, 0.3) is 0 Å². The lowest BCUT2D eigenvalue weighted by molar-refractivity contribution is -0.131. The molecule has 0 radical (unpaired) electrons. The number of carbonyl (C=O) groups is 1. The molecule has 1 rings (SSSR count). The molecule has 0 aromatic carbocycles. The van der Waals surface area contributed by atoms with Gasteiger partial charge in [0.05, 0.1) is 0 Å². The lowest BCUT2D eigenvalue weighted by Gasteiger charge is -2.36. The fourth-order valence-electron chi connectivity index (χ4n) is 1.65. The van der Waals surface area contributed by atoms with Gasteiger partial charge in [-0.15, -0.1) is 11.6 Å². The summed E-state index contributed by atoms with van der Waals surface area (Å²) < 4.78 is 0. The monoisotopic (exact) mass is 174 g/mol. The first-order valence-corrected chi connectivity index (χ1v) is 4.74. The van der Waals surface area contributed by atoms with Crippen LogP contribution in [0.15, 0.2) is 0 Å². The molecule has 64 valence electrons. The zero-order chi connectivity index (χ0) is 8.48. The second-order valence-corrected chi connectivity index (χ2v) is 4.03. The second-order valence-electron chi connectivity index (χ2n) is 3.77. The van der Waals surface area contributed by atoms with Gasteiger partial charge in [-0.25, -0.2) is 0 Å². The second kappa shape index (κ2) is 3.14. The zero-order valence-corrected chi connectivity index (χ0v) is 7.95. The summed E-state index contributed by atoms with van der Waals surface area (Å²) in [6, 6.07) is 0. The molecule has 0 N–H and O–H groups in total. The predicted molar refractivity (Wildman–Crippen MR) is 46.8 cm³/mol. The molecule has 1 aliphatic rings. The molecule has 11 heavy (non-hydrogen) atoms. The summed E-state index contributed by atoms with van der Waals surface area (Å²) >= 11 is 5.79. The summed E-state index contributed by atoms with van der Waals surface area (Å²) in [6.45, 7) is 4.12. The third kappa shape index (κ3) is 1.44. The Morgan fingerprint density at radius 2 is 2.36 bits per heavy atom. The minimum atomic E-state index is -0.236. The Hall–Kier alpha value is -0.0400. The van der Waals surface area contributed by atoms with Crippen molar-refractivity contribution in [2.45, 2.75) is 33.1 Å².